The lowest BCUT2D eigenvalue weighted by Gasteiger charge is -2.47. The third-order valence-corrected chi connectivity index (χ3v) is 9.08. The first-order valence-corrected chi connectivity index (χ1v) is 15.5. The van der Waals surface area contributed by atoms with Crippen LogP contribution >= 0.6 is 0 Å². The summed E-state index contributed by atoms with van der Waals surface area (Å²) >= 11 is 0. The van der Waals surface area contributed by atoms with Gasteiger partial charge in [-0.25, -0.2) is 0 Å². The van der Waals surface area contributed by atoms with Crippen molar-refractivity contribution in [3.8, 4) is 23.7 Å². The normalized spacial score (nSPS) is 20.8. The standard InChI is InChI=1S/C36H48N2O2/c1-28(39)36(38,34-19-11-17-32(27-34)23-21-30-14-8-4-5-9-15-30)35(40,24-25-37)33-18-10-16-31(26-33)22-20-29-12-6-2-3-7-13-29/h10-11,16-19,26-30,39-40H,2-9,12-15,24-25,37-38H2,1H3. The molecule has 0 radical (unpaired) electrons. The van der Waals surface area contributed by atoms with Crippen LogP contribution in [0, 0.1) is 35.5 Å². The number of aliphatic hydroxyl groups excluding tert-OH is 1. The van der Waals surface area contributed by atoms with E-state index in [0.29, 0.717) is 23.0 Å². The highest BCUT2D eigenvalue weighted by atomic mass is 16.3. The van der Waals surface area contributed by atoms with Gasteiger partial charge in [0.05, 0.1) is 6.10 Å². The van der Waals surface area contributed by atoms with Crippen LogP contribution in [0.15, 0.2) is 48.5 Å². The lowest BCUT2D eigenvalue weighted by molar-refractivity contribution is -0.0996. The Morgan fingerprint density at radius 2 is 1.23 bits per heavy atom. The monoisotopic (exact) mass is 540 g/mol. The van der Waals surface area contributed by atoms with E-state index in [1.165, 1.54) is 51.4 Å². The number of benzene rings is 2. The number of nitrogens with two attached hydrogens (primary N) is 2. The molecule has 2 aromatic carbocycles. The van der Waals surface area contributed by atoms with Crippen molar-refractivity contribution in [2.75, 3.05) is 6.54 Å². The molecule has 0 saturated heterocycles. The maximum atomic E-state index is 12.4. The molecule has 0 aromatic heterocycles. The van der Waals surface area contributed by atoms with Gasteiger partial charge in [0, 0.05) is 23.0 Å². The van der Waals surface area contributed by atoms with Gasteiger partial charge in [0.1, 0.15) is 11.1 Å². The fourth-order valence-electron chi connectivity index (χ4n) is 6.55. The van der Waals surface area contributed by atoms with E-state index >= 15 is 0 Å². The van der Waals surface area contributed by atoms with Gasteiger partial charge in [-0.05, 0) is 81.0 Å². The first-order chi connectivity index (χ1) is 19.4. The largest absolute Gasteiger partial charge is 0.391 e. The first-order valence-electron chi connectivity index (χ1n) is 15.5. The SMILES string of the molecule is CC(O)C(N)(c1cccc(C#CC2CCCCCC2)c1)C(O)(CCN)c1cccc(C#CC2CCCCCC2)c1. The maximum absolute atomic E-state index is 12.4. The Labute approximate surface area is 242 Å². The van der Waals surface area contributed by atoms with E-state index in [1.54, 1.807) is 6.92 Å². The minimum Gasteiger partial charge on any atom is -0.391 e. The first kappa shape index (κ1) is 30.4. The summed E-state index contributed by atoms with van der Waals surface area (Å²) in [5.74, 6) is 14.5. The highest BCUT2D eigenvalue weighted by molar-refractivity contribution is 5.46. The van der Waals surface area contributed by atoms with Crippen molar-refractivity contribution in [2.45, 2.75) is 108 Å². The molecule has 4 rings (SSSR count). The van der Waals surface area contributed by atoms with E-state index in [-0.39, 0.29) is 13.0 Å². The van der Waals surface area contributed by atoms with Gasteiger partial charge in [0.2, 0.25) is 0 Å². The zero-order valence-corrected chi connectivity index (χ0v) is 24.3. The summed E-state index contributed by atoms with van der Waals surface area (Å²) in [5, 5.41) is 23.6. The van der Waals surface area contributed by atoms with Gasteiger partial charge in [-0.2, -0.15) is 0 Å². The van der Waals surface area contributed by atoms with Gasteiger partial charge in [0.25, 0.3) is 0 Å². The molecule has 4 heteroatoms. The molecule has 0 heterocycles. The predicted octanol–water partition coefficient (Wildman–Crippen LogP) is 6.10. The van der Waals surface area contributed by atoms with Crippen LogP contribution in [0.25, 0.3) is 0 Å². The van der Waals surface area contributed by atoms with E-state index in [4.69, 9.17) is 11.5 Å². The van der Waals surface area contributed by atoms with Gasteiger partial charge < -0.3 is 21.7 Å². The molecule has 0 amide bonds. The molecule has 4 nitrogen and oxygen atoms in total. The molecule has 214 valence electrons. The zero-order chi connectivity index (χ0) is 28.4. The van der Waals surface area contributed by atoms with E-state index in [2.05, 4.69) is 23.7 Å². The van der Waals surface area contributed by atoms with E-state index < -0.39 is 17.2 Å². The molecule has 3 atom stereocenters. The molecule has 0 aliphatic heterocycles. The molecule has 40 heavy (non-hydrogen) atoms. The van der Waals surface area contributed by atoms with E-state index in [9.17, 15) is 10.2 Å². The second-order valence-corrected chi connectivity index (χ2v) is 12.0. The van der Waals surface area contributed by atoms with Crippen LogP contribution in [0.4, 0.5) is 0 Å². The zero-order valence-electron chi connectivity index (χ0n) is 24.3. The molecule has 2 aliphatic rings. The molecular weight excluding hydrogens is 492 g/mol. The molecular formula is C36H48N2O2. The van der Waals surface area contributed by atoms with Gasteiger partial charge in [-0.3, -0.25) is 0 Å². The van der Waals surface area contributed by atoms with Crippen LogP contribution in [0.1, 0.15) is 113 Å². The van der Waals surface area contributed by atoms with Crippen molar-refractivity contribution in [1.29, 1.82) is 0 Å². The molecule has 2 aliphatic carbocycles. The highest BCUT2D eigenvalue weighted by Crippen LogP contribution is 2.44. The van der Waals surface area contributed by atoms with Crippen molar-refractivity contribution in [1.82, 2.24) is 0 Å². The molecule has 6 N–H and O–H groups in total. The molecule has 2 saturated carbocycles. The second kappa shape index (κ2) is 14.3. The Bertz CT molecular complexity index is 1220. The maximum Gasteiger partial charge on any atom is 0.115 e. The quantitative estimate of drug-likeness (QED) is 0.263. The van der Waals surface area contributed by atoms with Crippen molar-refractivity contribution in [3.05, 3.63) is 70.8 Å². The minimum absolute atomic E-state index is 0.186. The molecule has 2 aromatic rings. The van der Waals surface area contributed by atoms with Crippen molar-refractivity contribution in [2.24, 2.45) is 23.3 Å². The highest BCUT2D eigenvalue weighted by Gasteiger charge is 2.52. The number of hydrogen-bond donors (Lipinski definition) is 4. The van der Waals surface area contributed by atoms with Gasteiger partial charge in [0.15, 0.2) is 0 Å². The summed E-state index contributed by atoms with van der Waals surface area (Å²) in [6.07, 6.45) is 13.9. The van der Waals surface area contributed by atoms with Crippen LogP contribution in [0.2, 0.25) is 0 Å². The Hall–Kier alpha value is -2.60. The predicted molar refractivity (Wildman–Crippen MR) is 164 cm³/mol. The lowest BCUT2D eigenvalue weighted by Crippen LogP contribution is -2.62. The van der Waals surface area contributed by atoms with Crippen LogP contribution < -0.4 is 11.5 Å². The van der Waals surface area contributed by atoms with Crippen LogP contribution in [-0.2, 0) is 11.1 Å². The lowest BCUT2D eigenvalue weighted by atomic mass is 9.66. The second-order valence-electron chi connectivity index (χ2n) is 12.0. The Morgan fingerprint density at radius 1 is 0.775 bits per heavy atom. The van der Waals surface area contributed by atoms with Crippen molar-refractivity contribution >= 4 is 0 Å². The van der Waals surface area contributed by atoms with Crippen LogP contribution in [-0.4, -0.2) is 22.9 Å². The average molecular weight is 541 g/mol. The van der Waals surface area contributed by atoms with Gasteiger partial charge in [-0.15, -0.1) is 0 Å². The number of aliphatic hydroxyl groups is 2. The summed E-state index contributed by atoms with van der Waals surface area (Å²) in [4.78, 5) is 0. The molecule has 3 unspecified atom stereocenters. The average Bonchev–Trinajstić information content (AvgIpc) is 3.40. The van der Waals surface area contributed by atoms with Crippen LogP contribution in [0.3, 0.4) is 0 Å². The third-order valence-electron chi connectivity index (χ3n) is 9.08. The molecule has 2 fully saturated rings. The number of rotatable bonds is 6. The Morgan fingerprint density at radius 3 is 1.68 bits per heavy atom. The van der Waals surface area contributed by atoms with Crippen molar-refractivity contribution in [3.63, 3.8) is 0 Å². The fourth-order valence-corrected chi connectivity index (χ4v) is 6.55. The minimum atomic E-state index is -1.62. The van der Waals surface area contributed by atoms with Crippen molar-refractivity contribution < 1.29 is 10.2 Å². The van der Waals surface area contributed by atoms with E-state index in [0.717, 1.165) is 36.8 Å². The fraction of sp³-hybridized carbons (Fsp3) is 0.556. The Balaban J connectivity index is 1.68. The summed E-state index contributed by atoms with van der Waals surface area (Å²) in [7, 11) is 0. The smallest absolute Gasteiger partial charge is 0.115 e. The molecule has 0 spiro atoms. The van der Waals surface area contributed by atoms with Crippen LogP contribution in [0.5, 0.6) is 0 Å². The summed E-state index contributed by atoms with van der Waals surface area (Å²) in [5.41, 5.74) is 13.0. The molecule has 0 bridgehead atoms. The van der Waals surface area contributed by atoms with Gasteiger partial charge in [-0.1, -0.05) is 99.3 Å². The Kier molecular flexibility index (Phi) is 10.9. The summed E-state index contributed by atoms with van der Waals surface area (Å²) < 4.78 is 0. The summed E-state index contributed by atoms with van der Waals surface area (Å²) in [6, 6.07) is 15.3. The number of hydrogen-bond acceptors (Lipinski definition) is 4. The third kappa shape index (κ3) is 7.18. The summed E-state index contributed by atoms with van der Waals surface area (Å²) in [6.45, 7) is 1.85. The van der Waals surface area contributed by atoms with E-state index in [1.807, 2.05) is 48.5 Å². The van der Waals surface area contributed by atoms with Gasteiger partial charge >= 0.3 is 0 Å². The topological polar surface area (TPSA) is 92.5 Å².